The van der Waals surface area contributed by atoms with Crippen LogP contribution in [0, 0.1) is 0 Å². The van der Waals surface area contributed by atoms with Crippen LogP contribution < -0.4 is 10.5 Å². The molecule has 4 heterocycles. The van der Waals surface area contributed by atoms with Crippen LogP contribution in [0.5, 0.6) is 0 Å². The first-order chi connectivity index (χ1) is 14.6. The third-order valence-corrected chi connectivity index (χ3v) is 6.78. The van der Waals surface area contributed by atoms with Crippen molar-refractivity contribution in [3.05, 3.63) is 51.8 Å². The van der Waals surface area contributed by atoms with Gasteiger partial charge in [-0.2, -0.15) is 4.98 Å². The molecular formula is C22H21ClN4O2S. The number of anilines is 1. The highest BCUT2D eigenvalue weighted by Gasteiger charge is 2.19. The molecule has 1 saturated heterocycles. The lowest BCUT2D eigenvalue weighted by molar-refractivity contribution is 0.258. The molecule has 5 rings (SSSR count). The second kappa shape index (κ2) is 7.98. The Morgan fingerprint density at radius 1 is 1.13 bits per heavy atom. The van der Waals surface area contributed by atoms with Crippen LogP contribution in [0.4, 0.5) is 5.82 Å². The Morgan fingerprint density at radius 2 is 1.97 bits per heavy atom. The minimum Gasteiger partial charge on any atom is -0.403 e. The molecule has 0 radical (unpaired) electrons. The molecule has 0 atom stereocenters. The largest absolute Gasteiger partial charge is 0.403 e. The smallest absolute Gasteiger partial charge is 0.347 e. The Labute approximate surface area is 182 Å². The number of hydrogen-bond donors (Lipinski definition) is 0. The molecule has 6 nitrogen and oxygen atoms in total. The highest BCUT2D eigenvalue weighted by molar-refractivity contribution is 7.21. The maximum Gasteiger partial charge on any atom is 0.347 e. The van der Waals surface area contributed by atoms with Crippen LogP contribution in [0.1, 0.15) is 13.3 Å². The van der Waals surface area contributed by atoms with Crippen molar-refractivity contribution < 1.29 is 4.42 Å². The zero-order valence-corrected chi connectivity index (χ0v) is 18.2. The molecule has 154 valence electrons. The molecule has 0 amide bonds. The van der Waals surface area contributed by atoms with Crippen molar-refractivity contribution in [2.75, 3.05) is 37.6 Å². The first-order valence-corrected chi connectivity index (χ1v) is 11.3. The minimum atomic E-state index is -0.435. The van der Waals surface area contributed by atoms with Crippen molar-refractivity contribution in [2.45, 2.75) is 13.3 Å². The Balaban J connectivity index is 1.47. The van der Waals surface area contributed by atoms with Crippen molar-refractivity contribution in [3.63, 3.8) is 0 Å². The van der Waals surface area contributed by atoms with Crippen molar-refractivity contribution >= 4 is 50.1 Å². The fraction of sp³-hybridized carbons (Fsp3) is 0.318. The first-order valence-electron chi connectivity index (χ1n) is 10.1. The van der Waals surface area contributed by atoms with Crippen LogP contribution in [0.2, 0.25) is 5.02 Å². The monoisotopic (exact) mass is 440 g/mol. The Kier molecular flexibility index (Phi) is 5.18. The summed E-state index contributed by atoms with van der Waals surface area (Å²) in [4.78, 5) is 26.6. The summed E-state index contributed by atoms with van der Waals surface area (Å²) < 4.78 is 6.53. The molecule has 4 aromatic rings. The Hall–Kier alpha value is -2.48. The third kappa shape index (κ3) is 3.57. The molecular weight excluding hydrogens is 420 g/mol. The summed E-state index contributed by atoms with van der Waals surface area (Å²) >= 11 is 7.66. The zero-order valence-electron chi connectivity index (χ0n) is 16.6. The number of aromatic nitrogens is 2. The standard InChI is InChI=1S/C22H21ClN4O2S/c1-2-8-26-9-11-27(12-10-26)18-7-6-14-13-15(22(28)29-20(14)24-18)21-25-19-16(23)4-3-5-17(19)30-21/h3-7,13H,2,8-12H2,1H3. The van der Waals surface area contributed by atoms with E-state index in [1.54, 1.807) is 6.07 Å². The van der Waals surface area contributed by atoms with Crippen LogP contribution in [0.3, 0.4) is 0 Å². The molecule has 1 aliphatic heterocycles. The van der Waals surface area contributed by atoms with Crippen molar-refractivity contribution in [2.24, 2.45) is 0 Å². The summed E-state index contributed by atoms with van der Waals surface area (Å²) in [7, 11) is 0. The quantitative estimate of drug-likeness (QED) is 0.460. The fourth-order valence-electron chi connectivity index (χ4n) is 3.86. The number of benzene rings is 1. The number of rotatable bonds is 4. The van der Waals surface area contributed by atoms with E-state index in [1.165, 1.54) is 17.8 Å². The van der Waals surface area contributed by atoms with Crippen molar-refractivity contribution in [1.29, 1.82) is 0 Å². The maximum absolute atomic E-state index is 12.7. The molecule has 0 aliphatic carbocycles. The number of thiazole rings is 1. The van der Waals surface area contributed by atoms with E-state index in [4.69, 9.17) is 16.0 Å². The number of para-hydroxylation sites is 1. The van der Waals surface area contributed by atoms with Gasteiger partial charge in [0.1, 0.15) is 16.3 Å². The summed E-state index contributed by atoms with van der Waals surface area (Å²) in [6.45, 7) is 7.23. The van der Waals surface area contributed by atoms with Crippen molar-refractivity contribution in [1.82, 2.24) is 14.9 Å². The topological polar surface area (TPSA) is 62.5 Å². The van der Waals surface area contributed by atoms with E-state index in [-0.39, 0.29) is 0 Å². The van der Waals surface area contributed by atoms with Crippen molar-refractivity contribution in [3.8, 4) is 10.6 Å². The summed E-state index contributed by atoms with van der Waals surface area (Å²) in [6, 6.07) is 11.4. The molecule has 1 aliphatic rings. The van der Waals surface area contributed by atoms with Gasteiger partial charge in [-0.25, -0.2) is 9.78 Å². The highest BCUT2D eigenvalue weighted by atomic mass is 35.5. The van der Waals surface area contributed by atoms with Gasteiger partial charge in [0.05, 0.1) is 15.3 Å². The van der Waals surface area contributed by atoms with Crippen LogP contribution in [0.15, 0.2) is 45.6 Å². The molecule has 3 aromatic heterocycles. The summed E-state index contributed by atoms with van der Waals surface area (Å²) in [6.07, 6.45) is 1.17. The lowest BCUT2D eigenvalue weighted by atomic mass is 10.2. The van der Waals surface area contributed by atoms with E-state index in [2.05, 4.69) is 26.7 Å². The lowest BCUT2D eigenvalue weighted by Crippen LogP contribution is -2.46. The van der Waals surface area contributed by atoms with Gasteiger partial charge in [-0.3, -0.25) is 4.90 Å². The van der Waals surface area contributed by atoms with E-state index in [0.717, 1.165) is 48.6 Å². The van der Waals surface area contributed by atoms with Gasteiger partial charge in [0.15, 0.2) is 0 Å². The average molecular weight is 441 g/mol. The predicted octanol–water partition coefficient (Wildman–Crippen LogP) is 4.65. The van der Waals surface area contributed by atoms with E-state index < -0.39 is 5.63 Å². The van der Waals surface area contributed by atoms with E-state index in [9.17, 15) is 4.79 Å². The Bertz CT molecular complexity index is 1280. The second-order valence-corrected chi connectivity index (χ2v) is 8.88. The predicted molar refractivity (Wildman–Crippen MR) is 123 cm³/mol. The van der Waals surface area contributed by atoms with Crippen LogP contribution in [-0.4, -0.2) is 47.6 Å². The number of hydrogen-bond acceptors (Lipinski definition) is 7. The third-order valence-electron chi connectivity index (χ3n) is 5.42. The van der Waals surface area contributed by atoms with Gasteiger partial charge in [-0.05, 0) is 43.3 Å². The minimum absolute atomic E-state index is 0.358. The van der Waals surface area contributed by atoms with Crippen LogP contribution in [0.25, 0.3) is 31.9 Å². The van der Waals surface area contributed by atoms with E-state index >= 15 is 0 Å². The number of fused-ring (bicyclic) bond motifs is 2. The average Bonchev–Trinajstić information content (AvgIpc) is 3.19. The molecule has 0 saturated carbocycles. The number of nitrogens with zero attached hydrogens (tertiary/aromatic N) is 4. The molecule has 1 aromatic carbocycles. The molecule has 0 spiro atoms. The van der Waals surface area contributed by atoms with Gasteiger partial charge >= 0.3 is 5.63 Å². The summed E-state index contributed by atoms with van der Waals surface area (Å²) in [5, 5.41) is 1.96. The second-order valence-electron chi connectivity index (χ2n) is 7.45. The summed E-state index contributed by atoms with van der Waals surface area (Å²) in [5.41, 5.74) is 1.06. The van der Waals surface area contributed by atoms with Gasteiger partial charge in [0.25, 0.3) is 0 Å². The van der Waals surface area contributed by atoms with Crippen LogP contribution >= 0.6 is 22.9 Å². The SMILES string of the molecule is CCCN1CCN(c2ccc3cc(-c4nc5c(Cl)cccc5s4)c(=O)oc3n2)CC1. The molecule has 0 N–H and O–H groups in total. The normalized spacial score (nSPS) is 15.3. The maximum atomic E-state index is 12.7. The van der Waals surface area contributed by atoms with Gasteiger partial charge in [-0.1, -0.05) is 24.6 Å². The lowest BCUT2D eigenvalue weighted by Gasteiger charge is -2.35. The highest BCUT2D eigenvalue weighted by Crippen LogP contribution is 2.33. The number of pyridine rings is 1. The van der Waals surface area contributed by atoms with Gasteiger partial charge in [0, 0.05) is 31.6 Å². The molecule has 8 heteroatoms. The molecule has 1 fully saturated rings. The Morgan fingerprint density at radius 3 is 2.73 bits per heavy atom. The van der Waals surface area contributed by atoms with Crippen LogP contribution in [-0.2, 0) is 0 Å². The van der Waals surface area contributed by atoms with E-state index in [1.807, 2.05) is 30.3 Å². The molecule has 0 bridgehead atoms. The molecule has 30 heavy (non-hydrogen) atoms. The zero-order chi connectivity index (χ0) is 20.7. The van der Waals surface area contributed by atoms with Gasteiger partial charge < -0.3 is 9.32 Å². The number of halogens is 1. The fourth-order valence-corrected chi connectivity index (χ4v) is 5.13. The summed E-state index contributed by atoms with van der Waals surface area (Å²) in [5.74, 6) is 0.848. The van der Waals surface area contributed by atoms with Gasteiger partial charge in [-0.15, -0.1) is 11.3 Å². The first kappa shape index (κ1) is 19.5. The van der Waals surface area contributed by atoms with E-state index in [0.29, 0.717) is 26.8 Å². The molecule has 0 unspecified atom stereocenters. The van der Waals surface area contributed by atoms with Gasteiger partial charge in [0.2, 0.25) is 5.71 Å². The number of piperazine rings is 1.